The van der Waals surface area contributed by atoms with Crippen LogP contribution in [0.1, 0.15) is 34.1 Å². The molecule has 3 aromatic rings. The summed E-state index contributed by atoms with van der Waals surface area (Å²) in [5, 5.41) is 10.5. The van der Waals surface area contributed by atoms with Crippen molar-refractivity contribution in [1.29, 1.82) is 5.26 Å². The zero-order valence-electron chi connectivity index (χ0n) is 13.2. The van der Waals surface area contributed by atoms with E-state index in [4.69, 9.17) is 9.15 Å². The lowest BCUT2D eigenvalue weighted by Gasteiger charge is -2.00. The topological polar surface area (TPSA) is 79.0 Å². The molecule has 1 N–H and O–H groups in total. The van der Waals surface area contributed by atoms with Gasteiger partial charge < -0.3 is 14.1 Å². The number of benzene rings is 1. The van der Waals surface area contributed by atoms with E-state index in [9.17, 15) is 10.1 Å². The van der Waals surface area contributed by atoms with E-state index >= 15 is 0 Å². The Labute approximate surface area is 133 Å². The number of hydrogen-bond donors (Lipinski definition) is 1. The number of carbonyl (C=O) groups is 1. The standard InChI is InChI=1S/C18H16N2O3/c1-4-22-18(21)16-13(8-19)14(9-20-16)17-11(3)12-7-10(2)5-6-15(12)23-17/h5-7,9,20H,4H2,1-3H3. The Balaban J connectivity index is 2.18. The molecule has 116 valence electrons. The lowest BCUT2D eigenvalue weighted by atomic mass is 10.0. The number of furan rings is 1. The maximum atomic E-state index is 11.9. The molecule has 3 rings (SSSR count). The van der Waals surface area contributed by atoms with Crippen molar-refractivity contribution in [3.8, 4) is 17.4 Å². The number of aromatic nitrogens is 1. The van der Waals surface area contributed by atoms with E-state index in [1.165, 1.54) is 0 Å². The summed E-state index contributed by atoms with van der Waals surface area (Å²) >= 11 is 0. The highest BCUT2D eigenvalue weighted by Crippen LogP contribution is 2.36. The summed E-state index contributed by atoms with van der Waals surface area (Å²) in [7, 11) is 0. The molecule has 5 nitrogen and oxygen atoms in total. The van der Waals surface area contributed by atoms with Gasteiger partial charge in [-0.3, -0.25) is 0 Å². The highest BCUT2D eigenvalue weighted by atomic mass is 16.5. The molecular formula is C18H16N2O3. The third-order valence-corrected chi connectivity index (χ3v) is 3.81. The maximum absolute atomic E-state index is 11.9. The van der Waals surface area contributed by atoms with Crippen LogP contribution in [0.4, 0.5) is 0 Å². The first-order valence-corrected chi connectivity index (χ1v) is 7.35. The summed E-state index contributed by atoms with van der Waals surface area (Å²) in [4.78, 5) is 14.8. The summed E-state index contributed by atoms with van der Waals surface area (Å²) in [5.41, 5.74) is 3.79. The van der Waals surface area contributed by atoms with Gasteiger partial charge in [0.2, 0.25) is 0 Å². The number of aromatic amines is 1. The normalized spacial score (nSPS) is 10.7. The molecule has 1 aromatic carbocycles. The second-order valence-corrected chi connectivity index (χ2v) is 5.34. The zero-order chi connectivity index (χ0) is 16.6. The van der Waals surface area contributed by atoms with Crippen molar-refractivity contribution in [2.24, 2.45) is 0 Å². The number of nitriles is 1. The first kappa shape index (κ1) is 14.9. The van der Waals surface area contributed by atoms with Crippen molar-refractivity contribution >= 4 is 16.9 Å². The van der Waals surface area contributed by atoms with E-state index < -0.39 is 5.97 Å². The van der Waals surface area contributed by atoms with Crippen LogP contribution in [0.25, 0.3) is 22.3 Å². The zero-order valence-corrected chi connectivity index (χ0v) is 13.2. The second-order valence-electron chi connectivity index (χ2n) is 5.34. The number of rotatable bonds is 3. The van der Waals surface area contributed by atoms with Crippen LogP contribution in [0.3, 0.4) is 0 Å². The third-order valence-electron chi connectivity index (χ3n) is 3.81. The van der Waals surface area contributed by atoms with Crippen molar-refractivity contribution in [3.63, 3.8) is 0 Å². The van der Waals surface area contributed by atoms with E-state index in [0.717, 1.165) is 22.1 Å². The molecule has 2 heterocycles. The molecule has 0 saturated heterocycles. The molecule has 0 unspecified atom stereocenters. The molecule has 2 aromatic heterocycles. The molecule has 0 fully saturated rings. The molecule has 0 aliphatic heterocycles. The summed E-state index contributed by atoms with van der Waals surface area (Å²) in [5.74, 6) is 0.0499. The number of esters is 1. The average Bonchev–Trinajstić information content (AvgIpc) is 3.09. The van der Waals surface area contributed by atoms with Gasteiger partial charge in [-0.1, -0.05) is 11.6 Å². The van der Waals surface area contributed by atoms with Gasteiger partial charge >= 0.3 is 5.97 Å². The van der Waals surface area contributed by atoms with Crippen molar-refractivity contribution in [3.05, 3.63) is 46.8 Å². The molecular weight excluding hydrogens is 292 g/mol. The van der Waals surface area contributed by atoms with Gasteiger partial charge in [0.05, 0.1) is 17.7 Å². The number of ether oxygens (including phenoxy) is 1. The minimum atomic E-state index is -0.542. The van der Waals surface area contributed by atoms with Crippen molar-refractivity contribution in [1.82, 2.24) is 4.98 Å². The van der Waals surface area contributed by atoms with E-state index in [0.29, 0.717) is 11.3 Å². The number of aryl methyl sites for hydroxylation is 2. The fourth-order valence-corrected chi connectivity index (χ4v) is 2.67. The maximum Gasteiger partial charge on any atom is 0.356 e. The smallest absolute Gasteiger partial charge is 0.356 e. The summed E-state index contributed by atoms with van der Waals surface area (Å²) in [6.07, 6.45) is 1.61. The van der Waals surface area contributed by atoms with Gasteiger partial charge in [-0.25, -0.2) is 4.79 Å². The number of H-pyrrole nitrogens is 1. The molecule has 0 spiro atoms. The van der Waals surface area contributed by atoms with Crippen LogP contribution < -0.4 is 0 Å². The predicted molar refractivity (Wildman–Crippen MR) is 86.1 cm³/mol. The number of nitrogens with one attached hydrogen (secondary N) is 1. The largest absolute Gasteiger partial charge is 0.461 e. The number of nitrogens with zero attached hydrogens (tertiary/aromatic N) is 1. The Morgan fingerprint density at radius 2 is 2.17 bits per heavy atom. The van der Waals surface area contributed by atoms with Gasteiger partial charge in [0.15, 0.2) is 0 Å². The van der Waals surface area contributed by atoms with Crippen LogP contribution in [-0.4, -0.2) is 17.6 Å². The van der Waals surface area contributed by atoms with Gasteiger partial charge in [0, 0.05) is 17.1 Å². The van der Waals surface area contributed by atoms with Crippen LogP contribution >= 0.6 is 0 Å². The minimum absolute atomic E-state index is 0.153. The number of carbonyl (C=O) groups excluding carboxylic acids is 1. The molecule has 23 heavy (non-hydrogen) atoms. The molecule has 0 atom stereocenters. The lowest BCUT2D eigenvalue weighted by molar-refractivity contribution is 0.0520. The first-order chi connectivity index (χ1) is 11.1. The van der Waals surface area contributed by atoms with Gasteiger partial charge in [0.1, 0.15) is 23.1 Å². The average molecular weight is 308 g/mol. The highest BCUT2D eigenvalue weighted by Gasteiger charge is 2.23. The van der Waals surface area contributed by atoms with Crippen LogP contribution in [0, 0.1) is 25.2 Å². The Bertz CT molecular complexity index is 941. The Morgan fingerprint density at radius 1 is 1.39 bits per heavy atom. The van der Waals surface area contributed by atoms with Gasteiger partial charge in [-0.15, -0.1) is 0 Å². The van der Waals surface area contributed by atoms with Gasteiger partial charge in [-0.05, 0) is 32.9 Å². The second kappa shape index (κ2) is 5.65. The molecule has 0 radical (unpaired) electrons. The summed E-state index contributed by atoms with van der Waals surface area (Å²) in [6.45, 7) is 5.93. The van der Waals surface area contributed by atoms with E-state index in [2.05, 4.69) is 11.1 Å². The lowest BCUT2D eigenvalue weighted by Crippen LogP contribution is -2.06. The van der Waals surface area contributed by atoms with Gasteiger partial charge in [0.25, 0.3) is 0 Å². The highest BCUT2D eigenvalue weighted by molar-refractivity contribution is 5.95. The van der Waals surface area contributed by atoms with Crippen LogP contribution in [0.5, 0.6) is 0 Å². The van der Waals surface area contributed by atoms with Crippen molar-refractivity contribution in [2.75, 3.05) is 6.61 Å². The van der Waals surface area contributed by atoms with Crippen molar-refractivity contribution < 1.29 is 13.9 Å². The van der Waals surface area contributed by atoms with Crippen LogP contribution in [0.15, 0.2) is 28.8 Å². The quantitative estimate of drug-likeness (QED) is 0.739. The summed E-state index contributed by atoms with van der Waals surface area (Å²) < 4.78 is 10.9. The fraction of sp³-hybridized carbons (Fsp3) is 0.222. The van der Waals surface area contributed by atoms with Crippen molar-refractivity contribution in [2.45, 2.75) is 20.8 Å². The SMILES string of the molecule is CCOC(=O)c1[nH]cc(-c2oc3ccc(C)cc3c2C)c1C#N. The molecule has 0 aliphatic rings. The molecule has 0 bridgehead atoms. The molecule has 0 amide bonds. The van der Waals surface area contributed by atoms with Crippen LogP contribution in [-0.2, 0) is 4.74 Å². The molecule has 0 aliphatic carbocycles. The summed E-state index contributed by atoms with van der Waals surface area (Å²) in [6, 6.07) is 8.00. The van der Waals surface area contributed by atoms with E-state index in [1.807, 2.05) is 32.0 Å². The molecule has 0 saturated carbocycles. The Hall–Kier alpha value is -3.00. The van der Waals surface area contributed by atoms with Crippen LogP contribution in [0.2, 0.25) is 0 Å². The minimum Gasteiger partial charge on any atom is -0.461 e. The third kappa shape index (κ3) is 2.38. The predicted octanol–water partition coefficient (Wildman–Crippen LogP) is 4.09. The Morgan fingerprint density at radius 3 is 2.87 bits per heavy atom. The first-order valence-electron chi connectivity index (χ1n) is 7.35. The molecule has 5 heteroatoms. The fourth-order valence-electron chi connectivity index (χ4n) is 2.67. The Kier molecular flexibility index (Phi) is 3.67. The van der Waals surface area contributed by atoms with Gasteiger partial charge in [-0.2, -0.15) is 5.26 Å². The van der Waals surface area contributed by atoms with E-state index in [-0.39, 0.29) is 17.9 Å². The van der Waals surface area contributed by atoms with E-state index in [1.54, 1.807) is 13.1 Å². The number of hydrogen-bond acceptors (Lipinski definition) is 4. The monoisotopic (exact) mass is 308 g/mol. The number of fused-ring (bicyclic) bond motifs is 1.